The van der Waals surface area contributed by atoms with Gasteiger partial charge in [0.15, 0.2) is 11.5 Å². The summed E-state index contributed by atoms with van der Waals surface area (Å²) >= 11 is 0. The normalized spacial score (nSPS) is 13.1. The standard InChI is InChI=1S/C34H22N4O12/c1-3-37(4-2)19-7-11-25(27(15-19)47-29(39)17-5-9-21-23(13-17)33(43)49-31(21)41)35-36-26-12-8-20(38(45)46)16-28(26)48-30(40)18-6-10-22-24(14-18)34(44)50-32(22)42/h5-16H,3-4H2,1-2H3. The molecule has 0 N–H and O–H groups in total. The number of azo groups is 1. The molecule has 0 spiro atoms. The Morgan fingerprint density at radius 2 is 1.12 bits per heavy atom. The van der Waals surface area contributed by atoms with E-state index in [0.29, 0.717) is 18.8 Å². The number of carbonyl (C=O) groups excluding carboxylic acids is 6. The van der Waals surface area contributed by atoms with Crippen LogP contribution in [0, 0.1) is 10.1 Å². The van der Waals surface area contributed by atoms with Gasteiger partial charge in [0, 0.05) is 30.9 Å². The lowest BCUT2D eigenvalue weighted by Gasteiger charge is -2.22. The summed E-state index contributed by atoms with van der Waals surface area (Å²) in [5, 5.41) is 19.8. The third kappa shape index (κ3) is 6.27. The van der Waals surface area contributed by atoms with Gasteiger partial charge in [-0.2, -0.15) is 0 Å². The van der Waals surface area contributed by atoms with Crippen LogP contribution in [0.5, 0.6) is 11.5 Å². The van der Waals surface area contributed by atoms with Gasteiger partial charge in [0.05, 0.1) is 44.4 Å². The minimum absolute atomic E-state index is 0.0120. The number of fused-ring (bicyclic) bond motifs is 2. The molecule has 16 nitrogen and oxygen atoms in total. The molecule has 0 bridgehead atoms. The van der Waals surface area contributed by atoms with Crippen LogP contribution in [0.25, 0.3) is 0 Å². The fraction of sp³-hybridized carbons (Fsp3) is 0.118. The summed E-state index contributed by atoms with van der Waals surface area (Å²) in [6.45, 7) is 5.09. The average Bonchev–Trinajstić information content (AvgIpc) is 3.56. The minimum atomic E-state index is -1.03. The number of nitro benzene ring substituents is 1. The molecule has 250 valence electrons. The zero-order valence-electron chi connectivity index (χ0n) is 26.0. The maximum atomic E-state index is 13.3. The van der Waals surface area contributed by atoms with Crippen LogP contribution in [-0.2, 0) is 9.47 Å². The number of nitrogens with zero attached hydrogens (tertiary/aromatic N) is 4. The molecule has 0 atom stereocenters. The number of carbonyl (C=O) groups is 6. The third-order valence-electron chi connectivity index (χ3n) is 7.66. The van der Waals surface area contributed by atoms with Crippen molar-refractivity contribution in [3.8, 4) is 11.5 Å². The van der Waals surface area contributed by atoms with Crippen LogP contribution in [0.1, 0.15) is 76.0 Å². The summed E-state index contributed by atoms with van der Waals surface area (Å²) in [7, 11) is 0. The maximum absolute atomic E-state index is 13.3. The molecule has 50 heavy (non-hydrogen) atoms. The summed E-state index contributed by atoms with van der Waals surface area (Å²) in [6, 6.07) is 15.3. The SMILES string of the molecule is CCN(CC)c1ccc(N=Nc2ccc([N+](=O)[O-])cc2OC(=O)c2ccc3c(c2)C(=O)OC3=O)c(OC(=O)c2ccc3c(c2)C(=O)OC3=O)c1. The number of nitro groups is 1. The number of benzene rings is 4. The summed E-state index contributed by atoms with van der Waals surface area (Å²) < 4.78 is 20.2. The predicted octanol–water partition coefficient (Wildman–Crippen LogP) is 5.92. The van der Waals surface area contributed by atoms with Gasteiger partial charge < -0.3 is 23.8 Å². The van der Waals surface area contributed by atoms with E-state index in [2.05, 4.69) is 19.7 Å². The van der Waals surface area contributed by atoms with Crippen LogP contribution in [-0.4, -0.2) is 53.8 Å². The number of anilines is 1. The smallest absolute Gasteiger partial charge is 0.346 e. The molecule has 0 saturated heterocycles. The number of hydrogen-bond donors (Lipinski definition) is 0. The Labute approximate surface area is 281 Å². The van der Waals surface area contributed by atoms with Gasteiger partial charge in [-0.05, 0) is 68.4 Å². The largest absolute Gasteiger partial charge is 0.420 e. The number of esters is 6. The monoisotopic (exact) mass is 678 g/mol. The van der Waals surface area contributed by atoms with E-state index in [1.165, 1.54) is 42.5 Å². The van der Waals surface area contributed by atoms with Crippen molar-refractivity contribution in [2.24, 2.45) is 10.2 Å². The first-order chi connectivity index (χ1) is 24.0. The fourth-order valence-corrected chi connectivity index (χ4v) is 5.08. The van der Waals surface area contributed by atoms with E-state index in [0.717, 1.165) is 18.2 Å². The van der Waals surface area contributed by atoms with Gasteiger partial charge in [0.25, 0.3) is 5.69 Å². The Morgan fingerprint density at radius 3 is 1.60 bits per heavy atom. The summed E-state index contributed by atoms with van der Waals surface area (Å²) in [5.74, 6) is -5.88. The van der Waals surface area contributed by atoms with Gasteiger partial charge in [-0.1, -0.05) is 0 Å². The Hall–Kier alpha value is -7.10. The number of ether oxygens (including phenoxy) is 4. The molecular formula is C34H22N4O12. The van der Waals surface area contributed by atoms with Gasteiger partial charge in [0.1, 0.15) is 11.4 Å². The average molecular weight is 679 g/mol. The second-order valence-corrected chi connectivity index (χ2v) is 10.6. The minimum Gasteiger partial charge on any atom is -0.420 e. The molecule has 2 aliphatic rings. The van der Waals surface area contributed by atoms with Crippen molar-refractivity contribution in [3.05, 3.63) is 116 Å². The Balaban J connectivity index is 1.33. The van der Waals surface area contributed by atoms with Gasteiger partial charge in [-0.25, -0.2) is 28.8 Å². The molecule has 2 aliphatic heterocycles. The lowest BCUT2D eigenvalue weighted by Crippen LogP contribution is -2.21. The number of hydrogen-bond acceptors (Lipinski definition) is 15. The van der Waals surface area contributed by atoms with Crippen molar-refractivity contribution in [3.63, 3.8) is 0 Å². The first-order valence-corrected chi connectivity index (χ1v) is 14.8. The van der Waals surface area contributed by atoms with E-state index in [4.69, 9.17) is 9.47 Å². The van der Waals surface area contributed by atoms with Gasteiger partial charge in [-0.15, -0.1) is 10.2 Å². The Kier molecular flexibility index (Phi) is 8.66. The van der Waals surface area contributed by atoms with Crippen LogP contribution >= 0.6 is 0 Å². The molecule has 0 aliphatic carbocycles. The first kappa shape index (κ1) is 32.8. The second kappa shape index (κ2) is 13.2. The summed E-state index contributed by atoms with van der Waals surface area (Å²) in [6.07, 6.45) is 0. The lowest BCUT2D eigenvalue weighted by molar-refractivity contribution is -0.384. The van der Waals surface area contributed by atoms with Crippen molar-refractivity contribution in [2.75, 3.05) is 18.0 Å². The number of cyclic esters (lactones) is 4. The molecule has 0 amide bonds. The highest BCUT2D eigenvalue weighted by Gasteiger charge is 2.32. The molecule has 0 aromatic heterocycles. The summed E-state index contributed by atoms with van der Waals surface area (Å²) in [5.41, 5.74) is -0.337. The van der Waals surface area contributed by atoms with E-state index in [-0.39, 0.29) is 56.3 Å². The van der Waals surface area contributed by atoms with Crippen LogP contribution in [0.15, 0.2) is 83.0 Å². The first-order valence-electron chi connectivity index (χ1n) is 14.8. The van der Waals surface area contributed by atoms with Gasteiger partial charge >= 0.3 is 35.8 Å². The highest BCUT2D eigenvalue weighted by Crippen LogP contribution is 2.38. The van der Waals surface area contributed by atoms with Crippen molar-refractivity contribution in [1.82, 2.24) is 0 Å². The molecule has 0 saturated carbocycles. The fourth-order valence-electron chi connectivity index (χ4n) is 5.08. The topological polar surface area (TPSA) is 210 Å². The third-order valence-corrected chi connectivity index (χ3v) is 7.66. The lowest BCUT2D eigenvalue weighted by atomic mass is 10.1. The molecular weight excluding hydrogens is 656 g/mol. The van der Waals surface area contributed by atoms with Crippen molar-refractivity contribution in [1.29, 1.82) is 0 Å². The molecule has 0 radical (unpaired) electrons. The van der Waals surface area contributed by atoms with Crippen molar-refractivity contribution >= 4 is 58.6 Å². The van der Waals surface area contributed by atoms with Crippen LogP contribution in [0.3, 0.4) is 0 Å². The maximum Gasteiger partial charge on any atom is 0.346 e. The van der Waals surface area contributed by atoms with Crippen molar-refractivity contribution < 1.29 is 52.6 Å². The molecule has 0 fully saturated rings. The van der Waals surface area contributed by atoms with Crippen LogP contribution in [0.4, 0.5) is 22.7 Å². The zero-order chi connectivity index (χ0) is 35.7. The van der Waals surface area contributed by atoms with E-state index in [1.807, 2.05) is 18.7 Å². The Bertz CT molecular complexity index is 2210. The molecule has 4 aromatic rings. The van der Waals surface area contributed by atoms with E-state index >= 15 is 0 Å². The van der Waals surface area contributed by atoms with Gasteiger partial charge in [0.2, 0.25) is 0 Å². The van der Waals surface area contributed by atoms with Gasteiger partial charge in [-0.3, -0.25) is 10.1 Å². The van der Waals surface area contributed by atoms with E-state index in [1.54, 1.807) is 12.1 Å². The van der Waals surface area contributed by atoms with Crippen molar-refractivity contribution in [2.45, 2.75) is 13.8 Å². The predicted molar refractivity (Wildman–Crippen MR) is 170 cm³/mol. The Morgan fingerprint density at radius 1 is 0.660 bits per heavy atom. The van der Waals surface area contributed by atoms with Crippen LogP contribution in [0.2, 0.25) is 0 Å². The van der Waals surface area contributed by atoms with Crippen LogP contribution < -0.4 is 14.4 Å². The quantitative estimate of drug-likeness (QED) is 0.0477. The molecule has 2 heterocycles. The molecule has 6 rings (SSSR count). The van der Waals surface area contributed by atoms with E-state index < -0.39 is 46.4 Å². The number of non-ortho nitro benzene ring substituents is 1. The second-order valence-electron chi connectivity index (χ2n) is 10.6. The highest BCUT2D eigenvalue weighted by atomic mass is 16.6. The summed E-state index contributed by atoms with van der Waals surface area (Å²) in [4.78, 5) is 86.7. The molecule has 4 aromatic carbocycles. The zero-order valence-corrected chi connectivity index (χ0v) is 26.0. The van der Waals surface area contributed by atoms with E-state index in [9.17, 15) is 38.9 Å². The number of rotatable bonds is 10. The molecule has 16 heteroatoms. The highest BCUT2D eigenvalue weighted by molar-refractivity contribution is 6.16. The molecule has 0 unspecified atom stereocenters.